The van der Waals surface area contributed by atoms with E-state index in [1.165, 1.54) is 0 Å². The molecule has 2 saturated heterocycles. The fraction of sp³-hybridized carbons (Fsp3) is 0.414. The number of benzene rings is 2. The Morgan fingerprint density at radius 1 is 0.950 bits per heavy atom. The molecule has 1 atom stereocenters. The molecule has 1 unspecified atom stereocenters. The Hall–Kier alpha value is -4.25. The lowest BCUT2D eigenvalue weighted by Crippen LogP contribution is -2.54. The van der Waals surface area contributed by atoms with Crippen molar-refractivity contribution in [1.29, 1.82) is 0 Å². The first-order valence-electron chi connectivity index (χ1n) is 13.7. The van der Waals surface area contributed by atoms with Crippen molar-refractivity contribution in [1.82, 2.24) is 20.4 Å². The Kier molecular flexibility index (Phi) is 8.40. The Labute approximate surface area is 232 Å². The van der Waals surface area contributed by atoms with Crippen LogP contribution in [0.15, 0.2) is 48.5 Å². The lowest BCUT2D eigenvalue weighted by Gasteiger charge is -2.33. The molecule has 0 spiro atoms. The highest BCUT2D eigenvalue weighted by molar-refractivity contribution is 6.25. The van der Waals surface area contributed by atoms with Gasteiger partial charge in [-0.05, 0) is 49.9 Å². The molecule has 2 aromatic rings. The lowest BCUT2D eigenvalue weighted by molar-refractivity contribution is -0.136. The van der Waals surface area contributed by atoms with Gasteiger partial charge in [-0.15, -0.1) is 0 Å². The summed E-state index contributed by atoms with van der Waals surface area (Å²) in [5.74, 6) is -2.04. The number of carbonyl (C=O) groups is 5. The molecule has 0 bridgehead atoms. The maximum Gasteiger partial charge on any atom is 0.407 e. The molecule has 2 aromatic carbocycles. The van der Waals surface area contributed by atoms with E-state index in [0.29, 0.717) is 12.2 Å². The van der Waals surface area contributed by atoms with Crippen LogP contribution in [0.4, 0.5) is 10.5 Å². The Balaban J connectivity index is 1.07. The monoisotopic (exact) mass is 547 g/mol. The summed E-state index contributed by atoms with van der Waals surface area (Å²) in [7, 11) is 0. The molecule has 11 heteroatoms. The zero-order valence-electron chi connectivity index (χ0n) is 22.2. The number of alkyl carbamates (subject to hydrolysis) is 1. The maximum atomic E-state index is 13.3. The third-order valence-corrected chi connectivity index (χ3v) is 7.55. The molecule has 3 heterocycles. The van der Waals surface area contributed by atoms with Crippen molar-refractivity contribution in [2.75, 3.05) is 31.5 Å². The summed E-state index contributed by atoms with van der Waals surface area (Å²) in [4.78, 5) is 65.5. The fourth-order valence-corrected chi connectivity index (χ4v) is 5.42. The van der Waals surface area contributed by atoms with Crippen LogP contribution in [0, 0.1) is 0 Å². The number of nitrogens with one attached hydrogen (secondary N) is 3. The van der Waals surface area contributed by atoms with Crippen molar-refractivity contribution >= 4 is 35.4 Å². The predicted octanol–water partition coefficient (Wildman–Crippen LogP) is 2.28. The smallest absolute Gasteiger partial charge is 0.407 e. The van der Waals surface area contributed by atoms with E-state index in [4.69, 9.17) is 4.74 Å². The highest BCUT2D eigenvalue weighted by atomic mass is 16.5. The van der Waals surface area contributed by atoms with Gasteiger partial charge in [0.05, 0.1) is 11.1 Å². The highest BCUT2D eigenvalue weighted by Gasteiger charge is 2.45. The van der Waals surface area contributed by atoms with E-state index in [-0.39, 0.29) is 36.6 Å². The third kappa shape index (κ3) is 6.15. The van der Waals surface area contributed by atoms with Crippen LogP contribution in [0.1, 0.15) is 58.4 Å². The molecule has 2 fully saturated rings. The number of imide groups is 2. The molecule has 0 aliphatic carbocycles. The summed E-state index contributed by atoms with van der Waals surface area (Å²) >= 11 is 0. The van der Waals surface area contributed by atoms with E-state index in [1.54, 1.807) is 18.2 Å². The molecule has 40 heavy (non-hydrogen) atoms. The SMILES string of the molecule is O=C1CCC(N2C(=O)c3cccc(NC4CCN(CCCNC(=O)OCc5ccccc5)CC4)c3C2=O)C(=O)N1. The van der Waals surface area contributed by atoms with Crippen molar-refractivity contribution in [3.63, 3.8) is 0 Å². The molecule has 3 aliphatic heterocycles. The summed E-state index contributed by atoms with van der Waals surface area (Å²) < 4.78 is 5.23. The van der Waals surface area contributed by atoms with E-state index >= 15 is 0 Å². The van der Waals surface area contributed by atoms with Crippen LogP contribution < -0.4 is 16.0 Å². The van der Waals surface area contributed by atoms with Gasteiger partial charge < -0.3 is 20.3 Å². The van der Waals surface area contributed by atoms with Crippen LogP contribution in [-0.2, 0) is 20.9 Å². The average molecular weight is 548 g/mol. The van der Waals surface area contributed by atoms with Crippen LogP contribution in [0.25, 0.3) is 0 Å². The van der Waals surface area contributed by atoms with Gasteiger partial charge in [0.15, 0.2) is 0 Å². The van der Waals surface area contributed by atoms with Gasteiger partial charge in [-0.25, -0.2) is 4.79 Å². The number of anilines is 1. The number of ether oxygens (including phenoxy) is 1. The number of carbonyl (C=O) groups excluding carboxylic acids is 5. The Morgan fingerprint density at radius 3 is 2.48 bits per heavy atom. The average Bonchev–Trinajstić information content (AvgIpc) is 3.21. The molecule has 5 amide bonds. The summed E-state index contributed by atoms with van der Waals surface area (Å²) in [6.45, 7) is 3.34. The topological polar surface area (TPSA) is 137 Å². The molecule has 0 aromatic heterocycles. The number of rotatable bonds is 9. The number of hydrogen-bond donors (Lipinski definition) is 3. The standard InChI is InChI=1S/C29H33N5O6/c35-24-11-10-23(26(36)32-24)34-27(37)21-8-4-9-22(25(21)28(34)38)31-20-12-16-33(17-13-20)15-5-14-30-29(39)40-18-19-6-2-1-3-7-19/h1-4,6-9,20,23,31H,5,10-18H2,(H,30,39)(H,32,35,36). The number of piperidine rings is 2. The van der Waals surface area contributed by atoms with Gasteiger partial charge in [0.1, 0.15) is 12.6 Å². The lowest BCUT2D eigenvalue weighted by atomic mass is 10.0. The van der Waals surface area contributed by atoms with Gasteiger partial charge in [-0.1, -0.05) is 36.4 Å². The van der Waals surface area contributed by atoms with Crippen LogP contribution in [-0.4, -0.2) is 77.8 Å². The molecular weight excluding hydrogens is 514 g/mol. The minimum Gasteiger partial charge on any atom is -0.445 e. The van der Waals surface area contributed by atoms with Gasteiger partial charge >= 0.3 is 6.09 Å². The number of amides is 5. The van der Waals surface area contributed by atoms with E-state index < -0.39 is 35.8 Å². The second-order valence-corrected chi connectivity index (χ2v) is 10.3. The first kappa shape index (κ1) is 27.3. The molecule has 0 radical (unpaired) electrons. The number of nitrogens with zero attached hydrogens (tertiary/aromatic N) is 2. The molecule has 11 nitrogen and oxygen atoms in total. The van der Waals surface area contributed by atoms with E-state index in [2.05, 4.69) is 20.9 Å². The molecule has 3 aliphatic rings. The Bertz CT molecular complexity index is 1290. The van der Waals surface area contributed by atoms with Crippen molar-refractivity contribution in [2.24, 2.45) is 0 Å². The van der Waals surface area contributed by atoms with Crippen LogP contribution in [0.2, 0.25) is 0 Å². The summed E-state index contributed by atoms with van der Waals surface area (Å²) in [6, 6.07) is 13.8. The molecule has 0 saturated carbocycles. The summed E-state index contributed by atoms with van der Waals surface area (Å²) in [5.41, 5.74) is 2.08. The summed E-state index contributed by atoms with van der Waals surface area (Å²) in [5, 5.41) is 8.46. The first-order valence-corrected chi connectivity index (χ1v) is 13.7. The second kappa shape index (κ2) is 12.3. The minimum atomic E-state index is -0.985. The maximum absolute atomic E-state index is 13.3. The van der Waals surface area contributed by atoms with Crippen molar-refractivity contribution in [3.8, 4) is 0 Å². The van der Waals surface area contributed by atoms with E-state index in [9.17, 15) is 24.0 Å². The van der Waals surface area contributed by atoms with Gasteiger partial charge in [0, 0.05) is 37.8 Å². The van der Waals surface area contributed by atoms with Gasteiger partial charge in [-0.2, -0.15) is 0 Å². The van der Waals surface area contributed by atoms with Gasteiger partial charge in [0.25, 0.3) is 11.8 Å². The normalized spacial score (nSPS) is 19.8. The fourth-order valence-electron chi connectivity index (χ4n) is 5.42. The van der Waals surface area contributed by atoms with E-state index in [1.807, 2.05) is 30.3 Å². The zero-order valence-corrected chi connectivity index (χ0v) is 22.2. The number of hydrogen-bond acceptors (Lipinski definition) is 8. The molecular formula is C29H33N5O6. The quantitative estimate of drug-likeness (QED) is 0.321. The molecule has 210 valence electrons. The largest absolute Gasteiger partial charge is 0.445 e. The number of likely N-dealkylation sites (tertiary alicyclic amines) is 1. The van der Waals surface area contributed by atoms with Crippen LogP contribution in [0.5, 0.6) is 0 Å². The van der Waals surface area contributed by atoms with Crippen LogP contribution >= 0.6 is 0 Å². The second-order valence-electron chi connectivity index (χ2n) is 10.3. The third-order valence-electron chi connectivity index (χ3n) is 7.55. The van der Waals surface area contributed by atoms with Crippen molar-refractivity contribution in [2.45, 2.75) is 50.8 Å². The molecule has 5 rings (SSSR count). The van der Waals surface area contributed by atoms with Gasteiger partial charge in [-0.3, -0.25) is 29.4 Å². The van der Waals surface area contributed by atoms with E-state index in [0.717, 1.165) is 49.4 Å². The number of fused-ring (bicyclic) bond motifs is 1. The van der Waals surface area contributed by atoms with Crippen molar-refractivity contribution in [3.05, 3.63) is 65.2 Å². The minimum absolute atomic E-state index is 0.0852. The molecule has 3 N–H and O–H groups in total. The highest BCUT2D eigenvalue weighted by Crippen LogP contribution is 2.33. The van der Waals surface area contributed by atoms with Gasteiger partial charge in [0.2, 0.25) is 11.8 Å². The zero-order chi connectivity index (χ0) is 28.1. The van der Waals surface area contributed by atoms with Crippen LogP contribution in [0.3, 0.4) is 0 Å². The van der Waals surface area contributed by atoms with Crippen molar-refractivity contribution < 1.29 is 28.7 Å². The Morgan fingerprint density at radius 2 is 1.73 bits per heavy atom. The first-order chi connectivity index (χ1) is 19.4. The predicted molar refractivity (Wildman–Crippen MR) is 145 cm³/mol. The summed E-state index contributed by atoms with van der Waals surface area (Å²) in [6.07, 6.45) is 2.30.